The molecule has 0 N–H and O–H groups in total. The highest BCUT2D eigenvalue weighted by molar-refractivity contribution is 6.30. The number of carbonyl (C=O) groups excluding carboxylic acids is 1. The summed E-state index contributed by atoms with van der Waals surface area (Å²) in [6, 6.07) is 4.14. The molecule has 1 aromatic carbocycles. The molecule has 2 aliphatic carbocycles. The van der Waals surface area contributed by atoms with Gasteiger partial charge in [0.25, 0.3) is 0 Å². The van der Waals surface area contributed by atoms with Crippen LogP contribution in [0.4, 0.5) is 4.39 Å². The van der Waals surface area contributed by atoms with Crippen molar-refractivity contribution in [2.45, 2.75) is 64.2 Å². The first-order valence-corrected chi connectivity index (χ1v) is 10.7. The number of esters is 1. The summed E-state index contributed by atoms with van der Waals surface area (Å²) in [5.41, 5.74) is 0. The molecule has 0 aliphatic heterocycles. The fourth-order valence-electron chi connectivity index (χ4n) is 4.87. The minimum Gasteiger partial charge on any atom is -0.426 e. The lowest BCUT2D eigenvalue weighted by Gasteiger charge is -2.37. The first-order chi connectivity index (χ1) is 13.1. The lowest BCUT2D eigenvalue weighted by molar-refractivity contribution is -0.140. The summed E-state index contributed by atoms with van der Waals surface area (Å²) in [6.45, 7) is 3.83. The third-order valence-electron chi connectivity index (χ3n) is 6.55. The van der Waals surface area contributed by atoms with E-state index in [0.29, 0.717) is 0 Å². The molecule has 0 bridgehead atoms. The lowest BCUT2D eigenvalue weighted by Crippen LogP contribution is -2.30. The molecule has 0 saturated heterocycles. The summed E-state index contributed by atoms with van der Waals surface area (Å²) in [6.07, 6.45) is 13.8. The predicted molar refractivity (Wildman–Crippen MR) is 107 cm³/mol. The van der Waals surface area contributed by atoms with E-state index in [9.17, 15) is 9.18 Å². The van der Waals surface area contributed by atoms with Crippen molar-refractivity contribution in [1.82, 2.24) is 0 Å². The van der Waals surface area contributed by atoms with Gasteiger partial charge >= 0.3 is 5.97 Å². The highest BCUT2D eigenvalue weighted by Crippen LogP contribution is 2.42. The number of allylic oxidation sites excluding steroid dienone is 1. The zero-order valence-electron chi connectivity index (χ0n) is 16.0. The molecule has 2 nitrogen and oxygen atoms in total. The number of hydrogen-bond acceptors (Lipinski definition) is 2. The van der Waals surface area contributed by atoms with Gasteiger partial charge in [0.1, 0.15) is 11.6 Å². The third-order valence-corrected chi connectivity index (χ3v) is 6.86. The average Bonchev–Trinajstić information content (AvgIpc) is 2.70. The summed E-state index contributed by atoms with van der Waals surface area (Å²) >= 11 is 5.67. The van der Waals surface area contributed by atoms with Crippen molar-refractivity contribution in [2.24, 2.45) is 23.7 Å². The van der Waals surface area contributed by atoms with Crippen LogP contribution < -0.4 is 4.74 Å². The molecule has 148 valence electrons. The van der Waals surface area contributed by atoms with Crippen LogP contribution in [0.2, 0.25) is 5.02 Å². The molecule has 1 aromatic rings. The van der Waals surface area contributed by atoms with Crippen LogP contribution in [0.25, 0.3) is 0 Å². The van der Waals surface area contributed by atoms with E-state index in [1.54, 1.807) is 6.07 Å². The molecule has 2 aliphatic rings. The number of carbonyl (C=O) groups is 1. The number of halogens is 2. The minimum absolute atomic E-state index is 0.0366. The van der Waals surface area contributed by atoms with E-state index in [4.69, 9.17) is 16.3 Å². The first-order valence-electron chi connectivity index (χ1n) is 10.3. The highest BCUT2D eigenvalue weighted by Gasteiger charge is 2.33. The molecule has 0 atom stereocenters. The molecule has 0 heterocycles. The molecule has 0 amide bonds. The van der Waals surface area contributed by atoms with Crippen molar-refractivity contribution in [3.8, 4) is 5.75 Å². The van der Waals surface area contributed by atoms with Gasteiger partial charge in [0.15, 0.2) is 0 Å². The van der Waals surface area contributed by atoms with Crippen LogP contribution in [-0.4, -0.2) is 5.97 Å². The largest absolute Gasteiger partial charge is 0.426 e. The number of benzene rings is 1. The summed E-state index contributed by atoms with van der Waals surface area (Å²) in [4.78, 5) is 12.4. The van der Waals surface area contributed by atoms with E-state index in [2.05, 4.69) is 6.58 Å². The quantitative estimate of drug-likeness (QED) is 0.297. The van der Waals surface area contributed by atoms with Crippen LogP contribution in [0, 0.1) is 29.5 Å². The Morgan fingerprint density at radius 1 is 1.11 bits per heavy atom. The average molecular weight is 393 g/mol. The summed E-state index contributed by atoms with van der Waals surface area (Å²) in [7, 11) is 0. The van der Waals surface area contributed by atoms with Crippen LogP contribution in [0.1, 0.15) is 64.2 Å². The number of rotatable bonds is 6. The molecule has 3 rings (SSSR count). The normalized spacial score (nSPS) is 28.5. The van der Waals surface area contributed by atoms with E-state index in [0.717, 1.165) is 49.9 Å². The Bertz CT molecular complexity index is 644. The molecular formula is C23H30ClFO2. The minimum atomic E-state index is -0.561. The van der Waals surface area contributed by atoms with Crippen molar-refractivity contribution in [1.29, 1.82) is 0 Å². The van der Waals surface area contributed by atoms with E-state index >= 15 is 0 Å². The highest BCUT2D eigenvalue weighted by atomic mass is 35.5. The van der Waals surface area contributed by atoms with Gasteiger partial charge in [0, 0.05) is 6.07 Å². The molecule has 0 unspecified atom stereocenters. The van der Waals surface area contributed by atoms with Gasteiger partial charge in [0.2, 0.25) is 0 Å². The van der Waals surface area contributed by atoms with Crippen LogP contribution in [0.15, 0.2) is 30.9 Å². The lowest BCUT2D eigenvalue weighted by atomic mass is 9.69. The Hall–Kier alpha value is -1.35. The Balaban J connectivity index is 1.42. The first kappa shape index (κ1) is 20.4. The van der Waals surface area contributed by atoms with E-state index in [-0.39, 0.29) is 22.7 Å². The second kappa shape index (κ2) is 9.73. The van der Waals surface area contributed by atoms with Gasteiger partial charge in [0.05, 0.1) is 10.9 Å². The van der Waals surface area contributed by atoms with Gasteiger partial charge in [-0.1, -0.05) is 30.5 Å². The monoisotopic (exact) mass is 392 g/mol. The van der Waals surface area contributed by atoms with Gasteiger partial charge in [-0.3, -0.25) is 4.79 Å². The van der Waals surface area contributed by atoms with Crippen LogP contribution in [0.3, 0.4) is 0 Å². The number of ether oxygens (including phenoxy) is 1. The van der Waals surface area contributed by atoms with Gasteiger partial charge in [-0.05, 0) is 81.3 Å². The molecule has 2 saturated carbocycles. The van der Waals surface area contributed by atoms with Gasteiger partial charge < -0.3 is 4.74 Å². The Morgan fingerprint density at radius 2 is 1.74 bits per heavy atom. The number of hydrogen-bond donors (Lipinski definition) is 0. The van der Waals surface area contributed by atoms with Crippen LogP contribution in [0.5, 0.6) is 5.75 Å². The molecule has 0 radical (unpaired) electrons. The summed E-state index contributed by atoms with van der Waals surface area (Å²) < 4.78 is 18.9. The summed E-state index contributed by atoms with van der Waals surface area (Å²) in [5.74, 6) is 1.84. The molecular weight excluding hydrogens is 363 g/mol. The SMILES string of the molecule is C=CCCC1CCC(C2CCC(C(=O)Oc3ccc(Cl)c(F)c3)CC2)CC1. The van der Waals surface area contributed by atoms with Crippen molar-refractivity contribution >= 4 is 17.6 Å². The van der Waals surface area contributed by atoms with E-state index in [1.165, 1.54) is 44.2 Å². The third kappa shape index (κ3) is 5.57. The van der Waals surface area contributed by atoms with E-state index in [1.807, 2.05) is 6.08 Å². The molecule has 4 heteroatoms. The molecule has 0 aromatic heterocycles. The summed E-state index contributed by atoms with van der Waals surface area (Å²) in [5, 5.41) is 0.0366. The van der Waals surface area contributed by atoms with Crippen LogP contribution in [-0.2, 0) is 4.79 Å². The van der Waals surface area contributed by atoms with Crippen molar-refractivity contribution < 1.29 is 13.9 Å². The zero-order chi connectivity index (χ0) is 19.2. The van der Waals surface area contributed by atoms with Gasteiger partial charge in [-0.2, -0.15) is 0 Å². The maximum absolute atomic E-state index is 13.5. The standard InChI is InChI=1S/C23H30ClFO2/c1-2-3-4-16-5-7-17(8-6-16)18-9-11-19(12-10-18)23(26)27-20-13-14-21(24)22(25)15-20/h2,13-19H,1,3-12H2. The Labute approximate surface area is 167 Å². The zero-order valence-corrected chi connectivity index (χ0v) is 16.7. The topological polar surface area (TPSA) is 26.3 Å². The van der Waals surface area contributed by atoms with Crippen LogP contribution >= 0.6 is 11.6 Å². The van der Waals surface area contributed by atoms with Crippen molar-refractivity contribution in [3.63, 3.8) is 0 Å². The van der Waals surface area contributed by atoms with Crippen molar-refractivity contribution in [3.05, 3.63) is 41.7 Å². The van der Waals surface area contributed by atoms with Gasteiger partial charge in [-0.15, -0.1) is 6.58 Å². The Kier molecular flexibility index (Phi) is 7.34. The second-order valence-electron chi connectivity index (χ2n) is 8.26. The van der Waals surface area contributed by atoms with E-state index < -0.39 is 5.82 Å². The maximum atomic E-state index is 13.5. The predicted octanol–water partition coefficient (Wildman–Crippen LogP) is 6.96. The fraction of sp³-hybridized carbons (Fsp3) is 0.609. The fourth-order valence-corrected chi connectivity index (χ4v) is 4.99. The molecule has 0 spiro atoms. The smallest absolute Gasteiger partial charge is 0.314 e. The second-order valence-corrected chi connectivity index (χ2v) is 8.66. The Morgan fingerprint density at radius 3 is 2.33 bits per heavy atom. The molecule has 27 heavy (non-hydrogen) atoms. The van der Waals surface area contributed by atoms with Gasteiger partial charge in [-0.25, -0.2) is 4.39 Å². The maximum Gasteiger partial charge on any atom is 0.314 e. The van der Waals surface area contributed by atoms with Crippen molar-refractivity contribution in [2.75, 3.05) is 0 Å². The molecule has 2 fully saturated rings.